The summed E-state index contributed by atoms with van der Waals surface area (Å²) in [6, 6.07) is 11.6. The van der Waals surface area contributed by atoms with Gasteiger partial charge >= 0.3 is 0 Å². The minimum Gasteiger partial charge on any atom is -0.484 e. The first-order valence-corrected chi connectivity index (χ1v) is 8.59. The Morgan fingerprint density at radius 2 is 2.09 bits per heavy atom. The standard InChI is InChI=1S/C17H15ClFNO2S/c18-11-4-6-12(7-5-11)22-10-16(21)20-15-8-9-23-17-13(15)2-1-3-14(17)19/h1-7,15H,8-10H2,(H,20,21). The molecule has 1 aliphatic heterocycles. The Morgan fingerprint density at radius 3 is 2.87 bits per heavy atom. The van der Waals surface area contributed by atoms with Gasteiger partial charge in [0.25, 0.3) is 5.91 Å². The van der Waals surface area contributed by atoms with E-state index in [1.807, 2.05) is 6.07 Å². The number of carbonyl (C=O) groups is 1. The Kier molecular flexibility index (Phi) is 5.08. The molecule has 1 heterocycles. The van der Waals surface area contributed by atoms with E-state index in [4.69, 9.17) is 16.3 Å². The van der Waals surface area contributed by atoms with Crippen LogP contribution in [0.1, 0.15) is 18.0 Å². The van der Waals surface area contributed by atoms with Crippen LogP contribution < -0.4 is 10.1 Å². The lowest BCUT2D eigenvalue weighted by atomic mass is 10.0. The lowest BCUT2D eigenvalue weighted by molar-refractivity contribution is -0.123. The molecular formula is C17H15ClFNO2S. The van der Waals surface area contributed by atoms with Crippen LogP contribution in [0.4, 0.5) is 4.39 Å². The zero-order valence-corrected chi connectivity index (χ0v) is 13.8. The van der Waals surface area contributed by atoms with Crippen molar-refractivity contribution in [2.24, 2.45) is 0 Å². The highest BCUT2D eigenvalue weighted by molar-refractivity contribution is 7.99. The average molecular weight is 352 g/mol. The van der Waals surface area contributed by atoms with Crippen LogP contribution in [0.25, 0.3) is 0 Å². The van der Waals surface area contributed by atoms with Gasteiger partial charge in [-0.25, -0.2) is 4.39 Å². The molecule has 1 amide bonds. The Morgan fingerprint density at radius 1 is 1.30 bits per heavy atom. The van der Waals surface area contributed by atoms with Crippen LogP contribution >= 0.6 is 23.4 Å². The molecule has 0 fully saturated rings. The van der Waals surface area contributed by atoms with Crippen molar-refractivity contribution in [3.63, 3.8) is 0 Å². The molecule has 3 rings (SSSR count). The molecule has 0 radical (unpaired) electrons. The van der Waals surface area contributed by atoms with Crippen LogP contribution in [0.2, 0.25) is 5.02 Å². The van der Waals surface area contributed by atoms with Crippen LogP contribution in [-0.2, 0) is 4.79 Å². The molecule has 0 aliphatic carbocycles. The number of hydrogen-bond donors (Lipinski definition) is 1. The summed E-state index contributed by atoms with van der Waals surface area (Å²) in [5, 5.41) is 3.53. The highest BCUT2D eigenvalue weighted by atomic mass is 35.5. The molecule has 0 bridgehead atoms. The van der Waals surface area contributed by atoms with Gasteiger partial charge in [-0.05, 0) is 42.3 Å². The Labute approximate surface area is 143 Å². The maximum Gasteiger partial charge on any atom is 0.258 e. The number of thioether (sulfide) groups is 1. The molecule has 2 aromatic rings. The van der Waals surface area contributed by atoms with E-state index in [1.54, 1.807) is 30.3 Å². The molecule has 3 nitrogen and oxygen atoms in total. The molecule has 1 aliphatic rings. The van der Waals surface area contributed by atoms with E-state index in [0.717, 1.165) is 17.7 Å². The van der Waals surface area contributed by atoms with Crippen LogP contribution in [0.3, 0.4) is 0 Å². The number of fused-ring (bicyclic) bond motifs is 1. The molecule has 1 unspecified atom stereocenters. The largest absolute Gasteiger partial charge is 0.484 e. The third kappa shape index (κ3) is 3.98. The summed E-state index contributed by atoms with van der Waals surface area (Å²) in [7, 11) is 0. The molecule has 6 heteroatoms. The fraction of sp³-hybridized carbons (Fsp3) is 0.235. The highest BCUT2D eigenvalue weighted by Crippen LogP contribution is 2.37. The van der Waals surface area contributed by atoms with Gasteiger partial charge in [0.2, 0.25) is 0 Å². The number of rotatable bonds is 4. The quantitative estimate of drug-likeness (QED) is 0.896. The average Bonchev–Trinajstić information content (AvgIpc) is 2.55. The van der Waals surface area contributed by atoms with Gasteiger partial charge in [0, 0.05) is 15.7 Å². The number of nitrogens with one attached hydrogen (secondary N) is 1. The molecule has 1 atom stereocenters. The summed E-state index contributed by atoms with van der Waals surface area (Å²) in [5.74, 6) is 0.892. The highest BCUT2D eigenvalue weighted by Gasteiger charge is 2.24. The van der Waals surface area contributed by atoms with Crippen LogP contribution in [0.15, 0.2) is 47.4 Å². The van der Waals surface area contributed by atoms with Crippen molar-refractivity contribution >= 4 is 29.3 Å². The van der Waals surface area contributed by atoms with Crippen molar-refractivity contribution in [3.05, 3.63) is 58.9 Å². The number of benzene rings is 2. The van der Waals surface area contributed by atoms with Gasteiger partial charge in [0.15, 0.2) is 6.61 Å². The van der Waals surface area contributed by atoms with E-state index < -0.39 is 0 Å². The first kappa shape index (κ1) is 16.1. The van der Waals surface area contributed by atoms with E-state index >= 15 is 0 Å². The zero-order valence-electron chi connectivity index (χ0n) is 12.2. The second-order valence-electron chi connectivity index (χ2n) is 5.16. The lowest BCUT2D eigenvalue weighted by Crippen LogP contribution is -2.34. The van der Waals surface area contributed by atoms with Crippen molar-refractivity contribution in [1.82, 2.24) is 5.32 Å². The molecule has 0 saturated carbocycles. The first-order valence-electron chi connectivity index (χ1n) is 7.22. The minimum atomic E-state index is -0.233. The van der Waals surface area contributed by atoms with Crippen molar-refractivity contribution in [2.75, 3.05) is 12.4 Å². The van der Waals surface area contributed by atoms with Crippen LogP contribution in [0, 0.1) is 5.82 Å². The van der Waals surface area contributed by atoms with E-state index in [-0.39, 0.29) is 24.4 Å². The number of halogens is 2. The number of hydrogen-bond acceptors (Lipinski definition) is 3. The predicted molar refractivity (Wildman–Crippen MR) is 89.6 cm³/mol. The Balaban J connectivity index is 1.61. The minimum absolute atomic E-state index is 0.0874. The maximum absolute atomic E-state index is 13.8. The van der Waals surface area contributed by atoms with Gasteiger partial charge in [0.05, 0.1) is 6.04 Å². The summed E-state index contributed by atoms with van der Waals surface area (Å²) in [5.41, 5.74) is 0.834. The second-order valence-corrected chi connectivity index (χ2v) is 6.70. The maximum atomic E-state index is 13.8. The molecule has 23 heavy (non-hydrogen) atoms. The monoisotopic (exact) mass is 351 g/mol. The van der Waals surface area contributed by atoms with Crippen molar-refractivity contribution in [1.29, 1.82) is 0 Å². The fourth-order valence-electron chi connectivity index (χ4n) is 2.45. The molecule has 0 spiro atoms. The van der Waals surface area contributed by atoms with Gasteiger partial charge in [0.1, 0.15) is 11.6 Å². The Bertz CT molecular complexity index is 708. The van der Waals surface area contributed by atoms with Gasteiger partial charge in [-0.2, -0.15) is 0 Å². The summed E-state index contributed by atoms with van der Waals surface area (Å²) in [4.78, 5) is 12.7. The molecule has 0 aromatic heterocycles. The number of amides is 1. The Hall–Kier alpha value is -1.72. The number of carbonyl (C=O) groups excluding carboxylic acids is 1. The molecule has 120 valence electrons. The van der Waals surface area contributed by atoms with Gasteiger partial charge < -0.3 is 10.1 Å². The third-order valence-electron chi connectivity index (χ3n) is 3.54. The summed E-state index contributed by atoms with van der Waals surface area (Å²) in [6.45, 7) is -0.0874. The van der Waals surface area contributed by atoms with Crippen molar-refractivity contribution in [2.45, 2.75) is 17.4 Å². The van der Waals surface area contributed by atoms with Crippen molar-refractivity contribution < 1.29 is 13.9 Å². The van der Waals surface area contributed by atoms with Gasteiger partial charge in [-0.15, -0.1) is 11.8 Å². The molecular weight excluding hydrogens is 337 g/mol. The van der Waals surface area contributed by atoms with Gasteiger partial charge in [-0.3, -0.25) is 4.79 Å². The van der Waals surface area contributed by atoms with Crippen LogP contribution in [0.5, 0.6) is 5.75 Å². The SMILES string of the molecule is O=C(COc1ccc(Cl)cc1)NC1CCSc2c(F)cccc21. The van der Waals surface area contributed by atoms with E-state index in [0.29, 0.717) is 15.7 Å². The smallest absolute Gasteiger partial charge is 0.258 e. The van der Waals surface area contributed by atoms with E-state index in [2.05, 4.69) is 5.32 Å². The zero-order chi connectivity index (χ0) is 16.2. The van der Waals surface area contributed by atoms with Crippen molar-refractivity contribution in [3.8, 4) is 5.75 Å². The van der Waals surface area contributed by atoms with E-state index in [9.17, 15) is 9.18 Å². The first-order chi connectivity index (χ1) is 11.1. The van der Waals surface area contributed by atoms with Crippen LogP contribution in [-0.4, -0.2) is 18.3 Å². The summed E-state index contributed by atoms with van der Waals surface area (Å²) < 4.78 is 19.2. The normalized spacial score (nSPS) is 16.5. The number of ether oxygens (including phenoxy) is 1. The second kappa shape index (κ2) is 7.23. The van der Waals surface area contributed by atoms with E-state index in [1.165, 1.54) is 17.8 Å². The van der Waals surface area contributed by atoms with Gasteiger partial charge in [-0.1, -0.05) is 23.7 Å². The summed E-state index contributed by atoms with van der Waals surface area (Å²) in [6.07, 6.45) is 0.772. The molecule has 1 N–H and O–H groups in total. The topological polar surface area (TPSA) is 38.3 Å². The lowest BCUT2D eigenvalue weighted by Gasteiger charge is -2.26. The third-order valence-corrected chi connectivity index (χ3v) is 4.96. The molecule has 2 aromatic carbocycles. The predicted octanol–water partition coefficient (Wildman–Crippen LogP) is 4.21. The molecule has 0 saturated heterocycles. The fourth-order valence-corrected chi connectivity index (χ4v) is 3.72. The summed E-state index contributed by atoms with van der Waals surface area (Å²) >= 11 is 7.28.